The van der Waals surface area contributed by atoms with E-state index in [0.717, 1.165) is 48.8 Å². The van der Waals surface area contributed by atoms with Gasteiger partial charge in [-0.2, -0.15) is 5.10 Å². The molecule has 4 rings (SSSR count). The third-order valence-electron chi connectivity index (χ3n) is 5.59. The van der Waals surface area contributed by atoms with Crippen molar-refractivity contribution in [1.82, 2.24) is 19.7 Å². The quantitative estimate of drug-likeness (QED) is 0.643. The molecule has 3 heterocycles. The van der Waals surface area contributed by atoms with Crippen molar-refractivity contribution in [3.63, 3.8) is 0 Å². The summed E-state index contributed by atoms with van der Waals surface area (Å²) in [7, 11) is 1.84. The lowest BCUT2D eigenvalue weighted by Crippen LogP contribution is -2.38. The monoisotopic (exact) mass is 408 g/mol. The molecule has 1 amide bonds. The first kappa shape index (κ1) is 19.6. The highest BCUT2D eigenvalue weighted by molar-refractivity contribution is 6.30. The molecule has 150 valence electrons. The number of halogens is 1. The van der Waals surface area contributed by atoms with Gasteiger partial charge in [0, 0.05) is 49.2 Å². The highest BCUT2D eigenvalue weighted by Crippen LogP contribution is 2.28. The maximum absolute atomic E-state index is 12.8. The molecule has 0 bridgehead atoms. The SMILES string of the molecule is Cc1nn(C)cc1C(=O)N1CCC(c2ccc(Cc3cccc(Cl)c3)cn2)CC1. The van der Waals surface area contributed by atoms with Crippen molar-refractivity contribution < 1.29 is 4.79 Å². The first-order valence-electron chi connectivity index (χ1n) is 9.98. The van der Waals surface area contributed by atoms with E-state index in [1.807, 2.05) is 49.5 Å². The van der Waals surface area contributed by atoms with Crippen molar-refractivity contribution in [2.24, 2.45) is 7.05 Å². The summed E-state index contributed by atoms with van der Waals surface area (Å²) >= 11 is 6.07. The minimum atomic E-state index is 0.0823. The van der Waals surface area contributed by atoms with Gasteiger partial charge >= 0.3 is 0 Å². The maximum Gasteiger partial charge on any atom is 0.257 e. The number of likely N-dealkylation sites (tertiary alicyclic amines) is 1. The van der Waals surface area contributed by atoms with Crippen molar-refractivity contribution >= 4 is 17.5 Å². The standard InChI is InChI=1S/C23H25ClN4O/c1-16-21(15-27(2)26-16)23(29)28-10-8-19(9-11-28)22-7-6-18(14-25-22)12-17-4-3-5-20(24)13-17/h3-7,13-15,19H,8-12H2,1-2H3. The van der Waals surface area contributed by atoms with Crippen LogP contribution in [0.5, 0.6) is 0 Å². The average Bonchev–Trinajstić information content (AvgIpc) is 3.06. The summed E-state index contributed by atoms with van der Waals surface area (Å²) in [6, 6.07) is 12.2. The first-order valence-corrected chi connectivity index (χ1v) is 10.4. The molecular weight excluding hydrogens is 384 g/mol. The molecule has 1 aliphatic heterocycles. The van der Waals surface area contributed by atoms with Crippen LogP contribution in [-0.2, 0) is 13.5 Å². The first-order chi connectivity index (χ1) is 14.0. The summed E-state index contributed by atoms with van der Waals surface area (Å²) < 4.78 is 1.70. The second-order valence-electron chi connectivity index (χ2n) is 7.77. The molecule has 5 nitrogen and oxygen atoms in total. The van der Waals surface area contributed by atoms with E-state index in [4.69, 9.17) is 16.6 Å². The summed E-state index contributed by atoms with van der Waals surface area (Å²) in [5.74, 6) is 0.480. The Hall–Kier alpha value is -2.66. The molecule has 29 heavy (non-hydrogen) atoms. The molecule has 0 N–H and O–H groups in total. The van der Waals surface area contributed by atoms with E-state index in [2.05, 4.69) is 23.3 Å². The Balaban J connectivity index is 1.36. The van der Waals surface area contributed by atoms with E-state index in [1.54, 1.807) is 4.68 Å². The molecule has 6 heteroatoms. The normalized spacial score (nSPS) is 14.9. The van der Waals surface area contributed by atoms with Crippen LogP contribution in [0.1, 0.15) is 51.6 Å². The van der Waals surface area contributed by atoms with Crippen LogP contribution in [-0.4, -0.2) is 38.7 Å². The second-order valence-corrected chi connectivity index (χ2v) is 8.20. The molecule has 0 unspecified atom stereocenters. The van der Waals surface area contributed by atoms with E-state index in [1.165, 1.54) is 11.1 Å². The van der Waals surface area contributed by atoms with Crippen molar-refractivity contribution in [1.29, 1.82) is 0 Å². The van der Waals surface area contributed by atoms with Crippen LogP contribution >= 0.6 is 11.6 Å². The summed E-state index contributed by atoms with van der Waals surface area (Å²) in [5, 5.41) is 5.04. The van der Waals surface area contributed by atoms with Gasteiger partial charge < -0.3 is 4.90 Å². The van der Waals surface area contributed by atoms with Crippen LogP contribution in [0.3, 0.4) is 0 Å². The van der Waals surface area contributed by atoms with E-state index in [9.17, 15) is 4.79 Å². The summed E-state index contributed by atoms with van der Waals surface area (Å²) in [5.41, 5.74) is 4.97. The zero-order valence-electron chi connectivity index (χ0n) is 16.8. The second kappa shape index (κ2) is 8.37. The maximum atomic E-state index is 12.8. The number of benzene rings is 1. The number of nitrogens with zero attached hydrogens (tertiary/aromatic N) is 4. The van der Waals surface area contributed by atoms with Gasteiger partial charge in [-0.15, -0.1) is 0 Å². The molecule has 0 atom stereocenters. The fourth-order valence-electron chi connectivity index (χ4n) is 4.02. The number of aryl methyl sites for hydroxylation is 2. The van der Waals surface area contributed by atoms with E-state index in [-0.39, 0.29) is 5.91 Å². The molecule has 2 aromatic heterocycles. The van der Waals surface area contributed by atoms with Crippen LogP contribution in [0.25, 0.3) is 0 Å². The average molecular weight is 409 g/mol. The van der Waals surface area contributed by atoms with E-state index >= 15 is 0 Å². The van der Waals surface area contributed by atoms with Crippen molar-refractivity contribution in [2.45, 2.75) is 32.1 Å². The Morgan fingerprint density at radius 2 is 1.97 bits per heavy atom. The topological polar surface area (TPSA) is 51.0 Å². The van der Waals surface area contributed by atoms with Gasteiger partial charge in [0.25, 0.3) is 5.91 Å². The number of pyridine rings is 1. The Labute approximate surface area is 176 Å². The molecule has 1 fully saturated rings. The lowest BCUT2D eigenvalue weighted by atomic mass is 9.92. The van der Waals surface area contributed by atoms with Crippen molar-refractivity contribution in [2.75, 3.05) is 13.1 Å². The predicted octanol–water partition coefficient (Wildman–Crippen LogP) is 4.39. The highest BCUT2D eigenvalue weighted by Gasteiger charge is 2.26. The Morgan fingerprint density at radius 1 is 1.17 bits per heavy atom. The Kier molecular flexibility index (Phi) is 5.67. The third kappa shape index (κ3) is 4.51. The molecule has 1 aliphatic rings. The van der Waals surface area contributed by atoms with Crippen LogP contribution in [0.2, 0.25) is 5.02 Å². The molecule has 3 aromatic rings. The number of hydrogen-bond acceptors (Lipinski definition) is 3. The number of aromatic nitrogens is 3. The van der Waals surface area contributed by atoms with Gasteiger partial charge in [0.1, 0.15) is 0 Å². The minimum Gasteiger partial charge on any atom is -0.338 e. The lowest BCUT2D eigenvalue weighted by molar-refractivity contribution is 0.0711. The molecule has 0 spiro atoms. The minimum absolute atomic E-state index is 0.0823. The highest BCUT2D eigenvalue weighted by atomic mass is 35.5. The smallest absolute Gasteiger partial charge is 0.257 e. The number of rotatable bonds is 4. The number of amides is 1. The van der Waals surface area contributed by atoms with Crippen LogP contribution < -0.4 is 0 Å². The summed E-state index contributed by atoms with van der Waals surface area (Å²) in [4.78, 5) is 19.4. The largest absolute Gasteiger partial charge is 0.338 e. The fourth-order valence-corrected chi connectivity index (χ4v) is 4.24. The van der Waals surface area contributed by atoms with Crippen LogP contribution in [0.15, 0.2) is 48.8 Å². The summed E-state index contributed by atoms with van der Waals surface area (Å²) in [6.07, 6.45) is 6.47. The molecular formula is C23H25ClN4O. The predicted molar refractivity (Wildman–Crippen MR) is 114 cm³/mol. The van der Waals surface area contributed by atoms with Gasteiger partial charge in [0.15, 0.2) is 0 Å². The zero-order chi connectivity index (χ0) is 20.4. The fraction of sp³-hybridized carbons (Fsp3) is 0.348. The Morgan fingerprint density at radius 3 is 2.59 bits per heavy atom. The molecule has 1 saturated heterocycles. The lowest BCUT2D eigenvalue weighted by Gasteiger charge is -2.31. The van der Waals surface area contributed by atoms with Gasteiger partial charge in [0.05, 0.1) is 11.3 Å². The zero-order valence-corrected chi connectivity index (χ0v) is 17.6. The van der Waals surface area contributed by atoms with Crippen molar-refractivity contribution in [3.05, 3.63) is 81.9 Å². The summed E-state index contributed by atoms with van der Waals surface area (Å²) in [6.45, 7) is 3.39. The molecule has 0 radical (unpaired) electrons. The van der Waals surface area contributed by atoms with Gasteiger partial charge in [-0.25, -0.2) is 0 Å². The Bertz CT molecular complexity index is 1000. The van der Waals surface area contributed by atoms with Gasteiger partial charge in [-0.1, -0.05) is 29.8 Å². The third-order valence-corrected chi connectivity index (χ3v) is 5.82. The van der Waals surface area contributed by atoms with Gasteiger partial charge in [-0.05, 0) is 55.5 Å². The molecule has 0 aliphatic carbocycles. The number of carbonyl (C=O) groups excluding carboxylic acids is 1. The van der Waals surface area contributed by atoms with Gasteiger partial charge in [0.2, 0.25) is 0 Å². The van der Waals surface area contributed by atoms with Crippen LogP contribution in [0, 0.1) is 6.92 Å². The molecule has 0 saturated carbocycles. The number of carbonyl (C=O) groups is 1. The van der Waals surface area contributed by atoms with Crippen LogP contribution in [0.4, 0.5) is 0 Å². The molecule has 1 aromatic carbocycles. The van der Waals surface area contributed by atoms with E-state index in [0.29, 0.717) is 11.5 Å². The number of piperidine rings is 1. The van der Waals surface area contributed by atoms with E-state index < -0.39 is 0 Å². The van der Waals surface area contributed by atoms with Gasteiger partial charge in [-0.3, -0.25) is 14.5 Å². The number of hydrogen-bond donors (Lipinski definition) is 0. The van der Waals surface area contributed by atoms with Crippen molar-refractivity contribution in [3.8, 4) is 0 Å².